The summed E-state index contributed by atoms with van der Waals surface area (Å²) in [7, 11) is -0.743. The third-order valence-electron chi connectivity index (χ3n) is 5.12. The quantitative estimate of drug-likeness (QED) is 0.577. The Morgan fingerprint density at radius 2 is 1.79 bits per heavy atom. The number of carbonyl (C=O) groups excluding carboxylic acids is 1. The Morgan fingerprint density at radius 1 is 1.24 bits per heavy atom. The molecule has 1 aliphatic heterocycles. The maximum absolute atomic E-state index is 14.5. The Kier molecular flexibility index (Phi) is 6.40. The van der Waals surface area contributed by atoms with E-state index in [1.165, 1.54) is 6.07 Å². The molecule has 1 aromatic carbocycles. The van der Waals surface area contributed by atoms with E-state index in [4.69, 9.17) is 19.8 Å². The first-order valence-corrected chi connectivity index (χ1v) is 9.70. The van der Waals surface area contributed by atoms with Crippen molar-refractivity contribution in [3.8, 4) is 0 Å². The van der Waals surface area contributed by atoms with Crippen molar-refractivity contribution in [1.82, 2.24) is 5.32 Å². The van der Waals surface area contributed by atoms with Crippen molar-refractivity contribution >= 4 is 25.0 Å². The molecule has 0 atom stereocenters. The molecule has 0 aromatic heterocycles. The van der Waals surface area contributed by atoms with E-state index in [1.54, 1.807) is 39.8 Å². The van der Waals surface area contributed by atoms with Gasteiger partial charge in [0, 0.05) is 17.8 Å². The van der Waals surface area contributed by atoms with Crippen molar-refractivity contribution < 1.29 is 23.2 Å². The second-order valence-electron chi connectivity index (χ2n) is 9.39. The monoisotopic (exact) mass is 406 g/mol. The zero-order valence-electron chi connectivity index (χ0n) is 18.6. The molecule has 0 radical (unpaired) electrons. The van der Waals surface area contributed by atoms with E-state index in [1.807, 2.05) is 27.7 Å². The van der Waals surface area contributed by atoms with E-state index in [9.17, 15) is 9.18 Å². The number of nitrogens with one attached hydrogen (secondary N) is 1. The van der Waals surface area contributed by atoms with E-state index >= 15 is 0 Å². The predicted octanol–water partition coefficient (Wildman–Crippen LogP) is 4.26. The number of amides is 1. The van der Waals surface area contributed by atoms with Crippen molar-refractivity contribution in [3.05, 3.63) is 34.5 Å². The highest BCUT2D eigenvalue weighted by Gasteiger charge is 2.52. The molecule has 1 amide bonds. The van der Waals surface area contributed by atoms with Gasteiger partial charge in [-0.3, -0.25) is 0 Å². The second kappa shape index (κ2) is 7.99. The molecule has 6 nitrogen and oxygen atoms in total. The molecule has 0 unspecified atom stereocenters. The van der Waals surface area contributed by atoms with Crippen LogP contribution in [0.1, 0.15) is 59.6 Å². The van der Waals surface area contributed by atoms with Gasteiger partial charge < -0.3 is 25.1 Å². The molecule has 0 saturated carbocycles. The Labute approximate surface area is 173 Å². The van der Waals surface area contributed by atoms with Gasteiger partial charge in [0.2, 0.25) is 0 Å². The molecule has 29 heavy (non-hydrogen) atoms. The summed E-state index contributed by atoms with van der Waals surface area (Å²) in [5.74, 6) is -0.459. The van der Waals surface area contributed by atoms with Crippen LogP contribution in [0.4, 0.5) is 14.9 Å². The van der Waals surface area contributed by atoms with Gasteiger partial charge in [-0.2, -0.15) is 0 Å². The number of carbonyl (C=O) groups is 1. The third-order valence-corrected chi connectivity index (χ3v) is 5.12. The summed E-state index contributed by atoms with van der Waals surface area (Å²) in [6.07, 6.45) is 1.05. The molecule has 8 heteroatoms. The Hall–Kier alpha value is -2.06. The van der Waals surface area contributed by atoms with E-state index in [0.717, 1.165) is 5.56 Å². The normalized spacial score (nSPS) is 18.7. The Balaban J connectivity index is 2.34. The Bertz CT molecular complexity index is 800. The minimum Gasteiger partial charge on any atom is -0.444 e. The van der Waals surface area contributed by atoms with E-state index in [2.05, 4.69) is 5.32 Å². The second-order valence-corrected chi connectivity index (χ2v) is 9.39. The van der Waals surface area contributed by atoms with Crippen LogP contribution in [0, 0.1) is 12.7 Å². The smallest absolute Gasteiger partial charge is 0.444 e. The maximum Gasteiger partial charge on any atom is 0.492 e. The maximum atomic E-state index is 14.5. The van der Waals surface area contributed by atoms with Crippen molar-refractivity contribution in [2.75, 3.05) is 12.3 Å². The molecule has 160 valence electrons. The topological polar surface area (TPSA) is 82.8 Å². The number of alkyl carbamates (subject to hydrolysis) is 1. The van der Waals surface area contributed by atoms with Crippen LogP contribution < -0.4 is 11.1 Å². The van der Waals surface area contributed by atoms with Gasteiger partial charge >= 0.3 is 13.2 Å². The standard InChI is InChI=1S/C21H32BFN2O4/c1-13-9-14(16(23)11-17(13)24)10-15(12-25-18(26)27-19(2,3)4)22-28-20(5,6)21(7,8)29-22/h9-11H,12,24H2,1-8H3,(H,25,26). The fourth-order valence-corrected chi connectivity index (χ4v) is 2.71. The van der Waals surface area contributed by atoms with Crippen LogP contribution >= 0.6 is 0 Å². The first-order chi connectivity index (χ1) is 13.1. The molecular weight excluding hydrogens is 374 g/mol. The van der Waals surface area contributed by atoms with Crippen LogP contribution in [0.3, 0.4) is 0 Å². The van der Waals surface area contributed by atoms with E-state index < -0.39 is 35.8 Å². The average Bonchev–Trinajstić information content (AvgIpc) is 2.74. The summed E-state index contributed by atoms with van der Waals surface area (Å²) >= 11 is 0. The molecule has 1 fully saturated rings. The number of ether oxygens (including phenoxy) is 1. The summed E-state index contributed by atoms with van der Waals surface area (Å²) in [5, 5.41) is 2.70. The molecular formula is C21H32BFN2O4. The first kappa shape index (κ1) is 23.2. The predicted molar refractivity (Wildman–Crippen MR) is 114 cm³/mol. The van der Waals surface area contributed by atoms with Crippen LogP contribution in [0.15, 0.2) is 17.6 Å². The Morgan fingerprint density at radius 3 is 2.31 bits per heavy atom. The summed E-state index contributed by atoms with van der Waals surface area (Å²) in [6.45, 7) is 15.0. The molecule has 0 spiro atoms. The summed E-state index contributed by atoms with van der Waals surface area (Å²) in [5.41, 5.74) is 6.06. The van der Waals surface area contributed by atoms with Crippen molar-refractivity contribution in [2.45, 2.75) is 72.2 Å². The van der Waals surface area contributed by atoms with E-state index in [0.29, 0.717) is 16.7 Å². The van der Waals surface area contributed by atoms with Gasteiger partial charge in [-0.05, 0) is 78.6 Å². The van der Waals surface area contributed by atoms with Crippen molar-refractivity contribution in [1.29, 1.82) is 0 Å². The highest BCUT2D eigenvalue weighted by atomic mass is 19.1. The van der Waals surface area contributed by atoms with Crippen LogP contribution in [0.5, 0.6) is 0 Å². The van der Waals surface area contributed by atoms with Gasteiger partial charge in [0.05, 0.1) is 11.2 Å². The minimum absolute atomic E-state index is 0.0780. The fourth-order valence-electron chi connectivity index (χ4n) is 2.71. The van der Waals surface area contributed by atoms with Crippen LogP contribution in [-0.4, -0.2) is 36.6 Å². The number of aryl methyl sites for hydroxylation is 1. The number of halogens is 1. The minimum atomic E-state index is -0.743. The van der Waals surface area contributed by atoms with Gasteiger partial charge in [-0.15, -0.1) is 0 Å². The number of hydrogen-bond acceptors (Lipinski definition) is 5. The molecule has 2 rings (SSSR count). The van der Waals surface area contributed by atoms with Gasteiger partial charge in [0.15, 0.2) is 0 Å². The number of nitrogen functional groups attached to an aromatic ring is 1. The molecule has 0 bridgehead atoms. The lowest BCUT2D eigenvalue weighted by Crippen LogP contribution is -2.41. The lowest BCUT2D eigenvalue weighted by atomic mass is 9.77. The van der Waals surface area contributed by atoms with Gasteiger partial charge in [0.1, 0.15) is 11.4 Å². The van der Waals surface area contributed by atoms with Crippen molar-refractivity contribution in [2.24, 2.45) is 0 Å². The van der Waals surface area contributed by atoms with Gasteiger partial charge in [-0.25, -0.2) is 9.18 Å². The summed E-state index contributed by atoms with van der Waals surface area (Å²) in [4.78, 5) is 12.1. The zero-order valence-corrected chi connectivity index (χ0v) is 18.6. The highest BCUT2D eigenvalue weighted by molar-refractivity contribution is 6.56. The van der Waals surface area contributed by atoms with Gasteiger partial charge in [-0.1, -0.05) is 6.08 Å². The SMILES string of the molecule is Cc1cc(C=C(CNC(=O)OC(C)(C)C)B2OC(C)(C)C(C)(C)O2)c(F)cc1N. The number of anilines is 1. The number of hydrogen-bond donors (Lipinski definition) is 2. The zero-order chi connectivity index (χ0) is 22.2. The molecule has 1 aliphatic rings. The van der Waals surface area contributed by atoms with E-state index in [-0.39, 0.29) is 6.54 Å². The number of nitrogens with two attached hydrogens (primary N) is 1. The molecule has 1 saturated heterocycles. The highest BCUT2D eigenvalue weighted by Crippen LogP contribution is 2.39. The van der Waals surface area contributed by atoms with Gasteiger partial charge in [0.25, 0.3) is 0 Å². The van der Waals surface area contributed by atoms with Crippen LogP contribution in [0.2, 0.25) is 0 Å². The molecule has 3 N–H and O–H groups in total. The average molecular weight is 406 g/mol. The molecule has 1 heterocycles. The first-order valence-electron chi connectivity index (χ1n) is 9.70. The lowest BCUT2D eigenvalue weighted by Gasteiger charge is -2.32. The summed E-state index contributed by atoms with van der Waals surface area (Å²) in [6, 6.07) is 2.94. The fraction of sp³-hybridized carbons (Fsp3) is 0.571. The van der Waals surface area contributed by atoms with Crippen LogP contribution in [-0.2, 0) is 14.0 Å². The van der Waals surface area contributed by atoms with Crippen molar-refractivity contribution in [3.63, 3.8) is 0 Å². The lowest BCUT2D eigenvalue weighted by molar-refractivity contribution is 0.00578. The largest absolute Gasteiger partial charge is 0.492 e. The molecule has 0 aliphatic carbocycles. The van der Waals surface area contributed by atoms with Crippen LogP contribution in [0.25, 0.3) is 6.08 Å². The summed E-state index contributed by atoms with van der Waals surface area (Å²) < 4.78 is 32.0. The number of rotatable bonds is 4. The third kappa shape index (κ3) is 5.73. The number of benzene rings is 1. The molecule has 1 aromatic rings.